The molecule has 0 aliphatic carbocycles. The third-order valence-corrected chi connectivity index (χ3v) is 3.94. The lowest BCUT2D eigenvalue weighted by atomic mass is 9.94. The topological polar surface area (TPSA) is 92.4 Å². The van der Waals surface area contributed by atoms with Crippen LogP contribution in [-0.2, 0) is 9.59 Å². The molecule has 20 heavy (non-hydrogen) atoms. The van der Waals surface area contributed by atoms with Crippen molar-refractivity contribution in [2.45, 2.75) is 51.5 Å². The van der Waals surface area contributed by atoms with Crippen molar-refractivity contribution in [3.63, 3.8) is 0 Å². The number of nitrogens with one attached hydrogen (secondary N) is 1. The van der Waals surface area contributed by atoms with Gasteiger partial charge in [0.1, 0.15) is 6.04 Å². The number of hydrogen-bond acceptors (Lipinski definition) is 4. The van der Waals surface area contributed by atoms with Gasteiger partial charge in [0, 0.05) is 6.42 Å². The quantitative estimate of drug-likeness (QED) is 0.512. The van der Waals surface area contributed by atoms with E-state index in [-0.39, 0.29) is 5.91 Å². The monoisotopic (exact) mass is 304 g/mol. The molecule has 0 saturated heterocycles. The lowest BCUT2D eigenvalue weighted by Crippen LogP contribution is -2.41. The van der Waals surface area contributed by atoms with Crippen molar-refractivity contribution in [3.8, 4) is 0 Å². The molecule has 118 valence electrons. The Morgan fingerprint density at radius 1 is 1.25 bits per heavy atom. The summed E-state index contributed by atoms with van der Waals surface area (Å²) in [6.07, 6.45) is 6.62. The molecule has 1 amide bonds. The summed E-state index contributed by atoms with van der Waals surface area (Å²) in [6.45, 7) is 2.75. The van der Waals surface area contributed by atoms with Crippen LogP contribution in [0.1, 0.15) is 45.4 Å². The molecular weight excluding hydrogens is 276 g/mol. The summed E-state index contributed by atoms with van der Waals surface area (Å²) >= 11 is 1.58. The number of nitrogens with two attached hydrogens (primary N) is 1. The van der Waals surface area contributed by atoms with E-state index in [1.807, 2.05) is 6.26 Å². The molecule has 0 aromatic carbocycles. The number of carboxylic acids is 1. The van der Waals surface area contributed by atoms with E-state index in [4.69, 9.17) is 10.8 Å². The summed E-state index contributed by atoms with van der Waals surface area (Å²) in [6, 6.07) is -0.769. The fourth-order valence-electron chi connectivity index (χ4n) is 2.17. The number of hydrogen-bond donors (Lipinski definition) is 3. The fourth-order valence-corrected chi connectivity index (χ4v) is 2.64. The standard InChI is InChI=1S/C14H28N2O3S/c1-3-4-11(7-9-15)5-6-13(17)16-12(14(18)19)8-10-20-2/h11-12H,3-10,15H2,1-2H3,(H,16,17)(H,18,19)/t11?,12-/m0/s1. The summed E-state index contributed by atoms with van der Waals surface area (Å²) in [4.78, 5) is 22.9. The summed E-state index contributed by atoms with van der Waals surface area (Å²) in [5, 5.41) is 11.7. The van der Waals surface area contributed by atoms with Gasteiger partial charge in [0.05, 0.1) is 0 Å². The Hall–Kier alpha value is -0.750. The number of rotatable bonds is 12. The second-order valence-corrected chi connectivity index (χ2v) is 6.00. The van der Waals surface area contributed by atoms with Gasteiger partial charge < -0.3 is 16.2 Å². The second kappa shape index (κ2) is 12.0. The minimum atomic E-state index is -0.959. The second-order valence-electron chi connectivity index (χ2n) is 5.01. The SMILES string of the molecule is CCCC(CCN)CCC(=O)N[C@@H](CCSC)C(=O)O. The first-order valence-electron chi connectivity index (χ1n) is 7.26. The lowest BCUT2D eigenvalue weighted by molar-refractivity contribution is -0.141. The van der Waals surface area contributed by atoms with Crippen LogP contribution >= 0.6 is 11.8 Å². The highest BCUT2D eigenvalue weighted by atomic mass is 32.2. The molecule has 0 radical (unpaired) electrons. The largest absolute Gasteiger partial charge is 0.480 e. The molecule has 1 unspecified atom stereocenters. The van der Waals surface area contributed by atoms with Crippen molar-refractivity contribution in [1.82, 2.24) is 5.32 Å². The van der Waals surface area contributed by atoms with Gasteiger partial charge in [-0.25, -0.2) is 4.79 Å². The van der Waals surface area contributed by atoms with Crippen molar-refractivity contribution in [2.24, 2.45) is 11.7 Å². The van der Waals surface area contributed by atoms with Crippen LogP contribution in [0.4, 0.5) is 0 Å². The highest BCUT2D eigenvalue weighted by molar-refractivity contribution is 7.98. The van der Waals surface area contributed by atoms with Gasteiger partial charge in [-0.15, -0.1) is 0 Å². The molecule has 4 N–H and O–H groups in total. The maximum atomic E-state index is 11.8. The molecule has 0 fully saturated rings. The minimum Gasteiger partial charge on any atom is -0.480 e. The number of carbonyl (C=O) groups excluding carboxylic acids is 1. The molecule has 2 atom stereocenters. The number of aliphatic carboxylic acids is 1. The number of carboxylic acid groups (broad SMARTS) is 1. The van der Waals surface area contributed by atoms with Crippen LogP contribution in [0, 0.1) is 5.92 Å². The van der Waals surface area contributed by atoms with Gasteiger partial charge in [0.2, 0.25) is 5.91 Å². The van der Waals surface area contributed by atoms with Crippen LogP contribution in [0.15, 0.2) is 0 Å². The number of thioether (sulfide) groups is 1. The van der Waals surface area contributed by atoms with E-state index >= 15 is 0 Å². The van der Waals surface area contributed by atoms with Crippen LogP contribution < -0.4 is 11.1 Å². The molecule has 0 aliphatic heterocycles. The van der Waals surface area contributed by atoms with Gasteiger partial charge in [-0.2, -0.15) is 11.8 Å². The normalized spacial score (nSPS) is 13.8. The van der Waals surface area contributed by atoms with E-state index in [0.29, 0.717) is 25.3 Å². The number of amides is 1. The van der Waals surface area contributed by atoms with Gasteiger partial charge in [0.15, 0.2) is 0 Å². The van der Waals surface area contributed by atoms with E-state index in [2.05, 4.69) is 12.2 Å². The molecular formula is C14H28N2O3S. The Morgan fingerprint density at radius 2 is 1.95 bits per heavy atom. The van der Waals surface area contributed by atoms with Crippen molar-refractivity contribution in [1.29, 1.82) is 0 Å². The maximum absolute atomic E-state index is 11.8. The first-order chi connectivity index (χ1) is 9.54. The van der Waals surface area contributed by atoms with Crippen LogP contribution in [0.3, 0.4) is 0 Å². The molecule has 0 aliphatic rings. The zero-order valence-corrected chi connectivity index (χ0v) is 13.4. The van der Waals surface area contributed by atoms with Crippen molar-refractivity contribution >= 4 is 23.6 Å². The molecule has 0 aromatic heterocycles. The molecule has 0 heterocycles. The van der Waals surface area contributed by atoms with E-state index in [1.165, 1.54) is 0 Å². The smallest absolute Gasteiger partial charge is 0.326 e. The summed E-state index contributed by atoms with van der Waals surface area (Å²) < 4.78 is 0. The number of carbonyl (C=O) groups is 2. The molecule has 0 saturated carbocycles. The van der Waals surface area contributed by atoms with Crippen LogP contribution in [0.5, 0.6) is 0 Å². The molecule has 0 rings (SSSR count). The zero-order chi connectivity index (χ0) is 15.4. The third-order valence-electron chi connectivity index (χ3n) is 3.30. The predicted molar refractivity (Wildman–Crippen MR) is 83.9 cm³/mol. The van der Waals surface area contributed by atoms with E-state index < -0.39 is 12.0 Å². The molecule has 0 aromatic rings. The van der Waals surface area contributed by atoms with Crippen molar-refractivity contribution < 1.29 is 14.7 Å². The highest BCUT2D eigenvalue weighted by Crippen LogP contribution is 2.17. The lowest BCUT2D eigenvalue weighted by Gasteiger charge is -2.17. The Kier molecular flexibility index (Phi) is 11.6. The van der Waals surface area contributed by atoms with Gasteiger partial charge in [-0.1, -0.05) is 19.8 Å². The Morgan fingerprint density at radius 3 is 2.45 bits per heavy atom. The maximum Gasteiger partial charge on any atom is 0.326 e. The Labute approximate surface area is 126 Å². The van der Waals surface area contributed by atoms with E-state index in [9.17, 15) is 9.59 Å². The average Bonchev–Trinajstić information content (AvgIpc) is 2.41. The van der Waals surface area contributed by atoms with Crippen LogP contribution in [0.2, 0.25) is 0 Å². The van der Waals surface area contributed by atoms with Gasteiger partial charge in [0.25, 0.3) is 0 Å². The van der Waals surface area contributed by atoms with Crippen LogP contribution in [-0.4, -0.2) is 41.6 Å². The Balaban J connectivity index is 4.13. The van der Waals surface area contributed by atoms with Crippen LogP contribution in [0.25, 0.3) is 0 Å². The summed E-state index contributed by atoms with van der Waals surface area (Å²) in [5.41, 5.74) is 5.56. The Bertz CT molecular complexity index is 282. The molecule has 0 bridgehead atoms. The predicted octanol–water partition coefficient (Wildman–Crippen LogP) is 1.85. The van der Waals surface area contributed by atoms with Crippen molar-refractivity contribution in [3.05, 3.63) is 0 Å². The molecule has 5 nitrogen and oxygen atoms in total. The average molecular weight is 304 g/mol. The first-order valence-corrected chi connectivity index (χ1v) is 8.65. The van der Waals surface area contributed by atoms with Gasteiger partial charge in [-0.05, 0) is 43.7 Å². The van der Waals surface area contributed by atoms with Gasteiger partial charge >= 0.3 is 5.97 Å². The van der Waals surface area contributed by atoms with Crippen molar-refractivity contribution in [2.75, 3.05) is 18.6 Å². The summed E-state index contributed by atoms with van der Waals surface area (Å²) in [7, 11) is 0. The first kappa shape index (κ1) is 19.2. The zero-order valence-electron chi connectivity index (χ0n) is 12.6. The molecule has 6 heteroatoms. The van der Waals surface area contributed by atoms with E-state index in [1.54, 1.807) is 11.8 Å². The van der Waals surface area contributed by atoms with Gasteiger partial charge in [-0.3, -0.25) is 4.79 Å². The fraction of sp³-hybridized carbons (Fsp3) is 0.857. The minimum absolute atomic E-state index is 0.170. The van der Waals surface area contributed by atoms with E-state index in [0.717, 1.165) is 31.4 Å². The highest BCUT2D eigenvalue weighted by Gasteiger charge is 2.19. The third kappa shape index (κ3) is 9.20. The molecule has 0 spiro atoms. The summed E-state index contributed by atoms with van der Waals surface area (Å²) in [5.74, 6) is 0.0596.